The Morgan fingerprint density at radius 2 is 2.32 bits per heavy atom. The van der Waals surface area contributed by atoms with Gasteiger partial charge in [0.05, 0.1) is 6.61 Å². The van der Waals surface area contributed by atoms with Crippen molar-refractivity contribution in [3.63, 3.8) is 0 Å². The molecular formula is C14H17N3OS. The van der Waals surface area contributed by atoms with Crippen LogP contribution in [0.25, 0.3) is 11.4 Å². The van der Waals surface area contributed by atoms with E-state index in [9.17, 15) is 0 Å². The lowest BCUT2D eigenvalue weighted by atomic mass is 10.2. The minimum absolute atomic E-state index is 0.515. The summed E-state index contributed by atoms with van der Waals surface area (Å²) in [6, 6.07) is 8.56. The largest absolute Gasteiger partial charge is 0.494 e. The number of H-pyrrole nitrogens is 1. The number of ether oxygens (including phenoxy) is 1. The SMILES string of the molecule is CCCOc1cccc(-c2n[nH]c(=S)n2C2CC2)c1. The van der Waals surface area contributed by atoms with Crippen molar-refractivity contribution in [3.8, 4) is 17.1 Å². The highest BCUT2D eigenvalue weighted by atomic mass is 32.1. The Bertz CT molecular complexity index is 628. The monoisotopic (exact) mass is 275 g/mol. The molecule has 1 aromatic carbocycles. The summed E-state index contributed by atoms with van der Waals surface area (Å²) in [5.74, 6) is 1.80. The normalized spacial score (nSPS) is 14.6. The van der Waals surface area contributed by atoms with Crippen molar-refractivity contribution in [3.05, 3.63) is 29.0 Å². The van der Waals surface area contributed by atoms with Gasteiger partial charge in [0.2, 0.25) is 0 Å². The van der Waals surface area contributed by atoms with Gasteiger partial charge in [0.1, 0.15) is 5.75 Å². The van der Waals surface area contributed by atoms with Gasteiger partial charge in [-0.15, -0.1) is 0 Å². The first-order valence-corrected chi connectivity index (χ1v) is 7.10. The van der Waals surface area contributed by atoms with E-state index in [0.29, 0.717) is 10.8 Å². The van der Waals surface area contributed by atoms with Gasteiger partial charge in [-0.3, -0.25) is 9.67 Å². The van der Waals surface area contributed by atoms with Gasteiger partial charge in [-0.1, -0.05) is 19.1 Å². The molecule has 0 unspecified atom stereocenters. The molecule has 2 aromatic rings. The lowest BCUT2D eigenvalue weighted by Gasteiger charge is -2.08. The van der Waals surface area contributed by atoms with Crippen molar-refractivity contribution in [1.29, 1.82) is 0 Å². The molecule has 0 atom stereocenters. The Kier molecular flexibility index (Phi) is 3.38. The van der Waals surface area contributed by atoms with Gasteiger partial charge < -0.3 is 4.74 Å². The van der Waals surface area contributed by atoms with Crippen LogP contribution in [0.4, 0.5) is 0 Å². The molecule has 100 valence electrons. The second-order valence-corrected chi connectivity index (χ2v) is 5.22. The molecule has 0 amide bonds. The maximum atomic E-state index is 5.67. The third-order valence-electron chi connectivity index (χ3n) is 3.18. The number of nitrogens with one attached hydrogen (secondary N) is 1. The van der Waals surface area contributed by atoms with Gasteiger partial charge in [-0.25, -0.2) is 0 Å². The number of aromatic nitrogens is 3. The summed E-state index contributed by atoms with van der Waals surface area (Å²) in [6.07, 6.45) is 3.38. The van der Waals surface area contributed by atoms with Crippen LogP contribution in [0, 0.1) is 4.77 Å². The Hall–Kier alpha value is -1.62. The molecule has 1 aromatic heterocycles. The molecule has 0 bridgehead atoms. The second kappa shape index (κ2) is 5.17. The van der Waals surface area contributed by atoms with Crippen LogP contribution in [0.15, 0.2) is 24.3 Å². The van der Waals surface area contributed by atoms with E-state index in [-0.39, 0.29) is 0 Å². The average Bonchev–Trinajstić information content (AvgIpc) is 3.19. The van der Waals surface area contributed by atoms with Gasteiger partial charge in [-0.05, 0) is 43.6 Å². The fourth-order valence-electron chi connectivity index (χ4n) is 2.12. The van der Waals surface area contributed by atoms with Crippen LogP contribution in [-0.4, -0.2) is 21.4 Å². The summed E-state index contributed by atoms with van der Waals surface area (Å²) < 4.78 is 8.49. The van der Waals surface area contributed by atoms with Crippen molar-refractivity contribution in [2.75, 3.05) is 6.61 Å². The first kappa shape index (κ1) is 12.4. The lowest BCUT2D eigenvalue weighted by molar-refractivity contribution is 0.317. The van der Waals surface area contributed by atoms with Crippen molar-refractivity contribution >= 4 is 12.2 Å². The maximum Gasteiger partial charge on any atom is 0.195 e. The maximum absolute atomic E-state index is 5.67. The molecule has 4 nitrogen and oxygen atoms in total. The van der Waals surface area contributed by atoms with E-state index in [4.69, 9.17) is 17.0 Å². The van der Waals surface area contributed by atoms with Gasteiger partial charge in [-0.2, -0.15) is 5.10 Å². The second-order valence-electron chi connectivity index (χ2n) is 4.83. The molecule has 1 aliphatic rings. The molecule has 19 heavy (non-hydrogen) atoms. The van der Waals surface area contributed by atoms with E-state index >= 15 is 0 Å². The van der Waals surface area contributed by atoms with Gasteiger partial charge >= 0.3 is 0 Å². The van der Waals surface area contributed by atoms with Crippen molar-refractivity contribution in [1.82, 2.24) is 14.8 Å². The standard InChI is InChI=1S/C14H17N3OS/c1-2-8-18-12-5-3-4-10(9-12)13-15-16-14(19)17(13)11-6-7-11/h3-5,9,11H,2,6-8H2,1H3,(H,16,19). The smallest absolute Gasteiger partial charge is 0.195 e. The van der Waals surface area contributed by atoms with Crippen LogP contribution in [-0.2, 0) is 0 Å². The van der Waals surface area contributed by atoms with E-state index in [1.165, 1.54) is 12.8 Å². The molecule has 1 N–H and O–H groups in total. The first-order valence-electron chi connectivity index (χ1n) is 6.69. The minimum Gasteiger partial charge on any atom is -0.494 e. The molecule has 0 radical (unpaired) electrons. The van der Waals surface area contributed by atoms with Crippen LogP contribution < -0.4 is 4.74 Å². The third kappa shape index (κ3) is 2.56. The van der Waals surface area contributed by atoms with E-state index in [1.807, 2.05) is 24.3 Å². The highest BCUT2D eigenvalue weighted by molar-refractivity contribution is 7.71. The van der Waals surface area contributed by atoms with Gasteiger partial charge in [0, 0.05) is 11.6 Å². The summed E-state index contributed by atoms with van der Waals surface area (Å²) in [6.45, 7) is 2.83. The quantitative estimate of drug-likeness (QED) is 0.845. The molecule has 0 aliphatic heterocycles. The Balaban J connectivity index is 1.95. The van der Waals surface area contributed by atoms with Gasteiger partial charge in [0.15, 0.2) is 10.6 Å². The number of hydrogen-bond acceptors (Lipinski definition) is 3. The van der Waals surface area contributed by atoms with Crippen LogP contribution in [0.3, 0.4) is 0 Å². The molecule has 1 aliphatic carbocycles. The Morgan fingerprint density at radius 1 is 1.47 bits per heavy atom. The molecule has 3 rings (SSSR count). The van der Waals surface area contributed by atoms with Crippen LogP contribution >= 0.6 is 12.2 Å². The van der Waals surface area contributed by atoms with E-state index in [0.717, 1.165) is 30.2 Å². The number of hydrogen-bond donors (Lipinski definition) is 1. The molecule has 0 saturated heterocycles. The fourth-order valence-corrected chi connectivity index (χ4v) is 2.41. The summed E-state index contributed by atoms with van der Waals surface area (Å²) in [5.41, 5.74) is 1.05. The first-order chi connectivity index (χ1) is 9.29. The molecule has 1 heterocycles. The third-order valence-corrected chi connectivity index (χ3v) is 3.47. The summed E-state index contributed by atoms with van der Waals surface area (Å²) in [7, 11) is 0. The van der Waals surface area contributed by atoms with E-state index in [1.54, 1.807) is 0 Å². The zero-order chi connectivity index (χ0) is 13.2. The number of nitrogens with zero attached hydrogens (tertiary/aromatic N) is 2. The summed E-state index contributed by atoms with van der Waals surface area (Å²) in [4.78, 5) is 0. The number of aromatic amines is 1. The molecule has 5 heteroatoms. The lowest BCUT2D eigenvalue weighted by Crippen LogP contribution is -1.99. The molecule has 1 fully saturated rings. The molecule has 1 saturated carbocycles. The predicted molar refractivity (Wildman–Crippen MR) is 76.9 cm³/mol. The topological polar surface area (TPSA) is 42.8 Å². The van der Waals surface area contributed by atoms with E-state index in [2.05, 4.69) is 21.7 Å². The number of rotatable bonds is 5. The molecule has 0 spiro atoms. The van der Waals surface area contributed by atoms with E-state index < -0.39 is 0 Å². The zero-order valence-electron chi connectivity index (χ0n) is 10.9. The van der Waals surface area contributed by atoms with Crippen LogP contribution in [0.1, 0.15) is 32.2 Å². The Morgan fingerprint density at radius 3 is 3.05 bits per heavy atom. The average molecular weight is 275 g/mol. The summed E-state index contributed by atoms with van der Waals surface area (Å²) in [5, 5.41) is 7.25. The highest BCUT2D eigenvalue weighted by Crippen LogP contribution is 2.38. The number of benzene rings is 1. The predicted octanol–water partition coefficient (Wildman–Crippen LogP) is 3.73. The van der Waals surface area contributed by atoms with Crippen LogP contribution in [0.5, 0.6) is 5.75 Å². The van der Waals surface area contributed by atoms with Crippen molar-refractivity contribution in [2.45, 2.75) is 32.2 Å². The summed E-state index contributed by atoms with van der Waals surface area (Å²) >= 11 is 5.31. The minimum atomic E-state index is 0.515. The zero-order valence-corrected chi connectivity index (χ0v) is 11.7. The fraction of sp³-hybridized carbons (Fsp3) is 0.429. The van der Waals surface area contributed by atoms with Crippen LogP contribution in [0.2, 0.25) is 0 Å². The van der Waals surface area contributed by atoms with Gasteiger partial charge in [0.25, 0.3) is 0 Å². The highest BCUT2D eigenvalue weighted by Gasteiger charge is 2.27. The van der Waals surface area contributed by atoms with Crippen molar-refractivity contribution < 1.29 is 4.74 Å². The molecular weight excluding hydrogens is 258 g/mol. The van der Waals surface area contributed by atoms with Crippen molar-refractivity contribution in [2.24, 2.45) is 0 Å². The Labute approximate surface area is 117 Å².